The molecule has 0 bridgehead atoms. The number of ether oxygens (including phenoxy) is 2. The fourth-order valence-corrected chi connectivity index (χ4v) is 2.97. The summed E-state index contributed by atoms with van der Waals surface area (Å²) >= 11 is 1.10. The zero-order valence-corrected chi connectivity index (χ0v) is 16.4. The van der Waals surface area contributed by atoms with Crippen LogP contribution >= 0.6 is 11.8 Å². The van der Waals surface area contributed by atoms with Crippen LogP contribution in [0.1, 0.15) is 12.8 Å². The van der Waals surface area contributed by atoms with Gasteiger partial charge in [0.25, 0.3) is 5.22 Å². The molecule has 0 N–H and O–H groups in total. The van der Waals surface area contributed by atoms with E-state index in [0.29, 0.717) is 23.0 Å². The molecule has 1 amide bonds. The Morgan fingerprint density at radius 2 is 1.82 bits per heavy atom. The first kappa shape index (κ1) is 21.1. The minimum atomic E-state index is -0.193. The highest BCUT2D eigenvalue weighted by atomic mass is 32.2. The SMILES string of the molecule is COc1ccc(-c2nnc(SCC(=O)N(CCC#N)CCC#N)o2)cc1OC. The Kier molecular flexibility index (Phi) is 8.12. The normalized spacial score (nSPS) is 10.0. The lowest BCUT2D eigenvalue weighted by Gasteiger charge is -2.19. The van der Waals surface area contributed by atoms with E-state index < -0.39 is 0 Å². The molecule has 0 aliphatic rings. The third-order valence-corrected chi connectivity index (χ3v) is 4.50. The number of carbonyl (C=O) groups is 1. The minimum absolute atomic E-state index is 0.0738. The van der Waals surface area contributed by atoms with E-state index in [1.54, 1.807) is 25.3 Å². The average Bonchev–Trinajstić information content (AvgIpc) is 3.20. The summed E-state index contributed by atoms with van der Waals surface area (Å²) < 4.78 is 16.1. The number of hydrogen-bond donors (Lipinski definition) is 0. The second-order valence-corrected chi connectivity index (χ2v) is 6.36. The van der Waals surface area contributed by atoms with Crippen molar-refractivity contribution < 1.29 is 18.7 Å². The molecule has 0 unspecified atom stereocenters. The van der Waals surface area contributed by atoms with E-state index in [1.807, 2.05) is 12.1 Å². The quantitative estimate of drug-likeness (QED) is 0.552. The molecule has 0 atom stereocenters. The van der Waals surface area contributed by atoms with Gasteiger partial charge in [-0.1, -0.05) is 11.8 Å². The van der Waals surface area contributed by atoms with Gasteiger partial charge in [0.1, 0.15) is 0 Å². The maximum absolute atomic E-state index is 12.3. The lowest BCUT2D eigenvalue weighted by atomic mass is 10.2. The van der Waals surface area contributed by atoms with E-state index in [4.69, 9.17) is 24.4 Å². The van der Waals surface area contributed by atoms with E-state index in [1.165, 1.54) is 12.0 Å². The summed E-state index contributed by atoms with van der Waals surface area (Å²) in [5, 5.41) is 25.6. The minimum Gasteiger partial charge on any atom is -0.493 e. The highest BCUT2D eigenvalue weighted by Gasteiger charge is 2.17. The Balaban J connectivity index is 2.01. The maximum atomic E-state index is 12.3. The van der Waals surface area contributed by atoms with Crippen LogP contribution in [0.5, 0.6) is 11.5 Å². The molecule has 1 aromatic heterocycles. The highest BCUT2D eigenvalue weighted by molar-refractivity contribution is 7.99. The molecular weight excluding hydrogens is 382 g/mol. The van der Waals surface area contributed by atoms with Crippen molar-refractivity contribution in [3.05, 3.63) is 18.2 Å². The van der Waals surface area contributed by atoms with Gasteiger partial charge in [-0.15, -0.1) is 10.2 Å². The van der Waals surface area contributed by atoms with Crippen LogP contribution in [-0.2, 0) is 4.79 Å². The Labute approximate surface area is 166 Å². The van der Waals surface area contributed by atoms with Gasteiger partial charge in [0.05, 0.1) is 45.0 Å². The number of aromatic nitrogens is 2. The van der Waals surface area contributed by atoms with Crippen molar-refractivity contribution >= 4 is 17.7 Å². The molecule has 1 heterocycles. The highest BCUT2D eigenvalue weighted by Crippen LogP contribution is 2.32. The molecule has 1 aromatic carbocycles. The Hall–Kier alpha value is -3.24. The van der Waals surface area contributed by atoms with Gasteiger partial charge in [0.2, 0.25) is 11.8 Å². The predicted octanol–water partition coefficient (Wildman–Crippen LogP) is 2.50. The topological polar surface area (TPSA) is 125 Å². The largest absolute Gasteiger partial charge is 0.493 e. The molecule has 0 spiro atoms. The van der Waals surface area contributed by atoms with Gasteiger partial charge in [-0.25, -0.2) is 0 Å². The van der Waals surface area contributed by atoms with Crippen LogP contribution in [0.15, 0.2) is 27.8 Å². The van der Waals surface area contributed by atoms with Crippen LogP contribution in [0.3, 0.4) is 0 Å². The van der Waals surface area contributed by atoms with Gasteiger partial charge in [-0.2, -0.15) is 10.5 Å². The molecule has 0 saturated carbocycles. The summed E-state index contributed by atoms with van der Waals surface area (Å²) in [6.45, 7) is 0.580. The zero-order valence-electron chi connectivity index (χ0n) is 15.5. The standard InChI is InChI=1S/C18H19N5O4S/c1-25-14-6-5-13(11-15(14)26-2)17-21-22-18(27-17)28-12-16(24)23(9-3-7-19)10-4-8-20/h5-6,11H,3-4,9-10,12H2,1-2H3. The molecule has 9 nitrogen and oxygen atoms in total. The molecule has 10 heteroatoms. The van der Waals surface area contributed by atoms with Gasteiger partial charge in [-0.05, 0) is 18.2 Å². The number of nitrogens with zero attached hydrogens (tertiary/aromatic N) is 5. The summed E-state index contributed by atoms with van der Waals surface area (Å²) in [6, 6.07) is 9.21. The van der Waals surface area contributed by atoms with Crippen LogP contribution in [0.4, 0.5) is 0 Å². The third-order valence-electron chi connectivity index (χ3n) is 3.70. The predicted molar refractivity (Wildman–Crippen MR) is 101 cm³/mol. The van der Waals surface area contributed by atoms with E-state index in [-0.39, 0.29) is 42.8 Å². The zero-order chi connectivity index (χ0) is 20.4. The van der Waals surface area contributed by atoms with E-state index in [0.717, 1.165) is 11.8 Å². The van der Waals surface area contributed by atoms with Gasteiger partial charge in [0, 0.05) is 18.7 Å². The van der Waals surface area contributed by atoms with Gasteiger partial charge in [-0.3, -0.25) is 4.79 Å². The van der Waals surface area contributed by atoms with Crippen LogP contribution in [0.2, 0.25) is 0 Å². The molecule has 28 heavy (non-hydrogen) atoms. The maximum Gasteiger partial charge on any atom is 0.277 e. The molecule has 0 radical (unpaired) electrons. The molecule has 2 aromatic rings. The van der Waals surface area contributed by atoms with Crippen LogP contribution in [0, 0.1) is 22.7 Å². The van der Waals surface area contributed by atoms with Gasteiger partial charge >= 0.3 is 0 Å². The lowest BCUT2D eigenvalue weighted by molar-refractivity contribution is -0.128. The van der Waals surface area contributed by atoms with Crippen LogP contribution < -0.4 is 9.47 Å². The third kappa shape index (κ3) is 5.63. The summed E-state index contributed by atoms with van der Waals surface area (Å²) in [6.07, 6.45) is 0.428. The first-order valence-corrected chi connectivity index (χ1v) is 9.31. The number of thioether (sulfide) groups is 1. The summed E-state index contributed by atoms with van der Waals surface area (Å²) in [4.78, 5) is 13.8. The van der Waals surface area contributed by atoms with Gasteiger partial charge in [0.15, 0.2) is 11.5 Å². The number of rotatable bonds is 10. The Morgan fingerprint density at radius 1 is 1.14 bits per heavy atom. The van der Waals surface area contributed by atoms with E-state index in [9.17, 15) is 4.79 Å². The molecule has 0 aliphatic carbocycles. The fourth-order valence-electron chi connectivity index (χ4n) is 2.30. The molecule has 146 valence electrons. The summed E-state index contributed by atoms with van der Waals surface area (Å²) in [5.74, 6) is 1.29. The first-order chi connectivity index (χ1) is 13.6. The number of carbonyl (C=O) groups excluding carboxylic acids is 1. The first-order valence-electron chi connectivity index (χ1n) is 8.33. The number of hydrogen-bond acceptors (Lipinski definition) is 9. The van der Waals surface area contributed by atoms with Crippen molar-refractivity contribution in [2.75, 3.05) is 33.1 Å². The second kappa shape index (κ2) is 10.8. The molecule has 0 saturated heterocycles. The lowest BCUT2D eigenvalue weighted by Crippen LogP contribution is -2.34. The van der Waals surface area contributed by atoms with E-state index in [2.05, 4.69) is 10.2 Å². The van der Waals surface area contributed by atoms with Crippen molar-refractivity contribution in [1.82, 2.24) is 15.1 Å². The van der Waals surface area contributed by atoms with E-state index >= 15 is 0 Å². The number of nitriles is 2. The molecule has 2 rings (SSSR count). The van der Waals surface area contributed by atoms with Crippen LogP contribution in [0.25, 0.3) is 11.5 Å². The summed E-state index contributed by atoms with van der Waals surface area (Å²) in [5.41, 5.74) is 0.660. The van der Waals surface area contributed by atoms with Crippen molar-refractivity contribution in [3.8, 4) is 35.1 Å². The summed E-state index contributed by atoms with van der Waals surface area (Å²) in [7, 11) is 3.08. The number of methoxy groups -OCH3 is 2. The molecule has 0 fully saturated rings. The number of benzene rings is 1. The number of amides is 1. The smallest absolute Gasteiger partial charge is 0.277 e. The molecular formula is C18H19N5O4S. The van der Waals surface area contributed by atoms with Crippen molar-refractivity contribution in [2.45, 2.75) is 18.1 Å². The van der Waals surface area contributed by atoms with Gasteiger partial charge < -0.3 is 18.8 Å². The van der Waals surface area contributed by atoms with Crippen molar-refractivity contribution in [3.63, 3.8) is 0 Å². The fraction of sp³-hybridized carbons (Fsp3) is 0.389. The van der Waals surface area contributed by atoms with Crippen molar-refractivity contribution in [1.29, 1.82) is 10.5 Å². The Morgan fingerprint density at radius 3 is 2.43 bits per heavy atom. The van der Waals surface area contributed by atoms with Crippen molar-refractivity contribution in [2.24, 2.45) is 0 Å². The monoisotopic (exact) mass is 401 g/mol. The second-order valence-electron chi connectivity index (χ2n) is 5.43. The Bertz CT molecular complexity index is 869. The average molecular weight is 401 g/mol. The van der Waals surface area contributed by atoms with Crippen LogP contribution in [-0.4, -0.2) is 54.1 Å². The molecule has 0 aliphatic heterocycles.